The number of amides is 1. The Morgan fingerprint density at radius 2 is 1.08 bits per heavy atom. The molecule has 0 bridgehead atoms. The highest BCUT2D eigenvalue weighted by atomic mass is 31.2. The number of hydrogen-bond acceptors (Lipinski definition) is 6. The Morgan fingerprint density at radius 1 is 0.660 bits per heavy atom. The number of hydrogen-bond donors (Lipinski definition) is 2. The van der Waals surface area contributed by atoms with Crippen molar-refractivity contribution < 1.29 is 32.9 Å². The van der Waals surface area contributed by atoms with Crippen LogP contribution in [0.25, 0.3) is 0 Å². The molecule has 0 aliphatic heterocycles. The van der Waals surface area contributed by atoms with Gasteiger partial charge in [-0.3, -0.25) is 9.36 Å². The highest BCUT2D eigenvalue weighted by molar-refractivity contribution is 7.45. The Kier molecular flexibility index (Phi) is 35.9. The molecule has 3 unspecified atom stereocenters. The minimum absolute atomic E-state index is 0.0102. The second-order valence-corrected chi connectivity index (χ2v) is 17.8. The summed E-state index contributed by atoms with van der Waals surface area (Å²) in [5.41, 5.74) is 0. The van der Waals surface area contributed by atoms with E-state index in [4.69, 9.17) is 9.05 Å². The third kappa shape index (κ3) is 39.0. The number of rotatable bonds is 40. The minimum atomic E-state index is -4.56. The molecule has 0 aromatic carbocycles. The van der Waals surface area contributed by atoms with E-state index in [1.807, 2.05) is 21.1 Å². The van der Waals surface area contributed by atoms with Gasteiger partial charge in [-0.25, -0.2) is 0 Å². The Hall–Kier alpha value is -1.02. The molecule has 314 valence electrons. The summed E-state index contributed by atoms with van der Waals surface area (Å²) in [5, 5.41) is 13.9. The number of carbonyl (C=O) groups excluding carboxylic acids is 1. The quantitative estimate of drug-likeness (QED) is 0.0278. The van der Waals surface area contributed by atoms with E-state index in [0.717, 1.165) is 51.4 Å². The smallest absolute Gasteiger partial charge is 0.268 e. The summed E-state index contributed by atoms with van der Waals surface area (Å²) in [6, 6.07) is -0.803. The van der Waals surface area contributed by atoms with Crippen LogP contribution in [-0.2, 0) is 18.4 Å². The topological polar surface area (TPSA) is 108 Å². The number of quaternary nitrogens is 1. The molecule has 0 aromatic heterocycles. The van der Waals surface area contributed by atoms with Gasteiger partial charge in [0, 0.05) is 6.42 Å². The first-order valence-corrected chi connectivity index (χ1v) is 23.7. The molecule has 8 nitrogen and oxygen atoms in total. The fraction of sp³-hybridized carbons (Fsp3) is 0.886. The van der Waals surface area contributed by atoms with Crippen molar-refractivity contribution in [3.63, 3.8) is 0 Å². The third-order valence-electron chi connectivity index (χ3n) is 9.97. The van der Waals surface area contributed by atoms with Crippen molar-refractivity contribution in [3.8, 4) is 0 Å². The van der Waals surface area contributed by atoms with Gasteiger partial charge in [0.05, 0.1) is 39.9 Å². The van der Waals surface area contributed by atoms with Gasteiger partial charge < -0.3 is 28.8 Å². The van der Waals surface area contributed by atoms with Crippen LogP contribution >= 0.6 is 7.82 Å². The van der Waals surface area contributed by atoms with Crippen molar-refractivity contribution in [1.29, 1.82) is 0 Å². The molecule has 3 atom stereocenters. The van der Waals surface area contributed by atoms with E-state index in [-0.39, 0.29) is 19.1 Å². The molecule has 0 rings (SSSR count). The lowest BCUT2D eigenvalue weighted by atomic mass is 10.0. The number of carbonyl (C=O) groups is 1. The summed E-state index contributed by atoms with van der Waals surface area (Å²) in [4.78, 5) is 25.3. The average molecular weight is 771 g/mol. The molecule has 0 heterocycles. The maximum Gasteiger partial charge on any atom is 0.268 e. The summed E-state index contributed by atoms with van der Waals surface area (Å²) in [7, 11) is 1.30. The molecule has 0 aliphatic carbocycles. The van der Waals surface area contributed by atoms with Gasteiger partial charge in [-0.05, 0) is 38.5 Å². The van der Waals surface area contributed by atoms with E-state index in [1.165, 1.54) is 122 Å². The van der Waals surface area contributed by atoms with Crippen molar-refractivity contribution in [3.05, 3.63) is 24.3 Å². The monoisotopic (exact) mass is 771 g/mol. The second-order valence-electron chi connectivity index (χ2n) is 16.4. The van der Waals surface area contributed by atoms with Crippen molar-refractivity contribution >= 4 is 13.7 Å². The predicted octanol–water partition coefficient (Wildman–Crippen LogP) is 11.5. The largest absolute Gasteiger partial charge is 0.756 e. The minimum Gasteiger partial charge on any atom is -0.756 e. The van der Waals surface area contributed by atoms with Crippen LogP contribution in [0.15, 0.2) is 24.3 Å². The van der Waals surface area contributed by atoms with E-state index in [1.54, 1.807) is 0 Å². The molecule has 0 saturated carbocycles. The fourth-order valence-corrected chi connectivity index (χ4v) is 7.11. The average Bonchev–Trinajstić information content (AvgIpc) is 3.10. The van der Waals surface area contributed by atoms with Gasteiger partial charge in [-0.1, -0.05) is 179 Å². The lowest BCUT2D eigenvalue weighted by Crippen LogP contribution is -2.46. The van der Waals surface area contributed by atoms with Gasteiger partial charge in [-0.15, -0.1) is 0 Å². The highest BCUT2D eigenvalue weighted by Crippen LogP contribution is 2.38. The third-order valence-corrected chi connectivity index (χ3v) is 10.9. The molecule has 2 N–H and O–H groups in total. The van der Waals surface area contributed by atoms with Crippen LogP contribution in [-0.4, -0.2) is 68.5 Å². The first-order chi connectivity index (χ1) is 25.5. The van der Waals surface area contributed by atoms with Crippen LogP contribution in [0.4, 0.5) is 0 Å². The lowest BCUT2D eigenvalue weighted by molar-refractivity contribution is -0.870. The number of unbranched alkanes of at least 4 members (excludes halogenated alkanes) is 24. The van der Waals surface area contributed by atoms with Crippen molar-refractivity contribution in [2.75, 3.05) is 40.9 Å². The molecule has 0 spiro atoms. The van der Waals surface area contributed by atoms with Gasteiger partial charge in [0.15, 0.2) is 0 Å². The van der Waals surface area contributed by atoms with Crippen molar-refractivity contribution in [2.45, 2.75) is 212 Å². The van der Waals surface area contributed by atoms with Crippen LogP contribution in [0.5, 0.6) is 0 Å². The fourth-order valence-electron chi connectivity index (χ4n) is 6.38. The van der Waals surface area contributed by atoms with E-state index in [9.17, 15) is 19.4 Å². The molecule has 9 heteroatoms. The zero-order valence-electron chi connectivity index (χ0n) is 35.5. The molecule has 1 amide bonds. The number of phosphoric ester groups is 1. The predicted molar refractivity (Wildman–Crippen MR) is 224 cm³/mol. The summed E-state index contributed by atoms with van der Waals surface area (Å²) in [5.74, 6) is -0.177. The number of allylic oxidation sites excluding steroid dienone is 4. The molecule has 0 aliphatic rings. The maximum absolute atomic E-state index is 12.9. The normalized spacial score (nSPS) is 14.6. The zero-order chi connectivity index (χ0) is 39.3. The van der Waals surface area contributed by atoms with Gasteiger partial charge in [-0.2, -0.15) is 0 Å². The number of aliphatic hydroxyl groups excluding tert-OH is 1. The number of nitrogens with zero attached hydrogens (tertiary/aromatic N) is 1. The van der Waals surface area contributed by atoms with Crippen molar-refractivity contribution in [2.24, 2.45) is 0 Å². The first-order valence-electron chi connectivity index (χ1n) is 22.2. The summed E-state index contributed by atoms with van der Waals surface area (Å²) < 4.78 is 23.2. The summed E-state index contributed by atoms with van der Waals surface area (Å²) in [6.07, 6.45) is 41.7. The SMILES string of the molecule is CCCCC/C=C\C=C/CCCCCCCCC(=O)NC(COP(=O)([O-])OCC[N+](C)(C)C)C(O)CCCCCCCCCCCCCCCCCC. The molecule has 53 heavy (non-hydrogen) atoms. The highest BCUT2D eigenvalue weighted by Gasteiger charge is 2.24. The van der Waals surface area contributed by atoms with Gasteiger partial charge in [0.2, 0.25) is 5.91 Å². The molecule has 0 aromatic rings. The van der Waals surface area contributed by atoms with Crippen LogP contribution in [0.2, 0.25) is 0 Å². The van der Waals surface area contributed by atoms with Crippen molar-refractivity contribution in [1.82, 2.24) is 5.32 Å². The Labute approximate surface area is 328 Å². The number of likely N-dealkylation sites (N-methyl/N-ethyl adjacent to an activating group) is 1. The van der Waals surface area contributed by atoms with E-state index in [0.29, 0.717) is 23.9 Å². The van der Waals surface area contributed by atoms with Gasteiger partial charge in [0.1, 0.15) is 13.2 Å². The standard InChI is InChI=1S/C44H87N2O6P/c1-6-8-10-12-14-16-18-20-22-24-25-27-29-31-33-35-37-43(47)42(41-52-53(49,50)51-40-39-46(3,4)5)45-44(48)38-36-34-32-30-28-26-23-21-19-17-15-13-11-9-7-2/h15,17,19,21,42-43,47H,6-14,16,18,20,22-41H2,1-5H3,(H-,45,48,49,50)/b17-15-,21-19-. The zero-order valence-corrected chi connectivity index (χ0v) is 36.4. The van der Waals surface area contributed by atoms with Crippen LogP contribution in [0.1, 0.15) is 200 Å². The number of phosphoric acid groups is 1. The summed E-state index contributed by atoms with van der Waals surface area (Å²) in [6.45, 7) is 4.68. The van der Waals surface area contributed by atoms with Gasteiger partial charge >= 0.3 is 0 Å². The van der Waals surface area contributed by atoms with Crippen LogP contribution < -0.4 is 10.2 Å². The van der Waals surface area contributed by atoms with E-state index >= 15 is 0 Å². The second kappa shape index (κ2) is 36.6. The van der Waals surface area contributed by atoms with E-state index in [2.05, 4.69) is 43.5 Å². The van der Waals surface area contributed by atoms with Crippen LogP contribution in [0.3, 0.4) is 0 Å². The molecular weight excluding hydrogens is 683 g/mol. The molecule has 0 saturated heterocycles. The first kappa shape index (κ1) is 52.0. The Balaban J connectivity index is 4.39. The molecular formula is C44H87N2O6P. The maximum atomic E-state index is 12.9. The molecule has 0 radical (unpaired) electrons. The summed E-state index contributed by atoms with van der Waals surface area (Å²) >= 11 is 0. The Bertz CT molecular complexity index is 922. The van der Waals surface area contributed by atoms with Gasteiger partial charge in [0.25, 0.3) is 7.82 Å². The van der Waals surface area contributed by atoms with Crippen LogP contribution in [0, 0.1) is 0 Å². The number of aliphatic hydroxyl groups is 1. The van der Waals surface area contributed by atoms with E-state index < -0.39 is 20.0 Å². The molecule has 0 fully saturated rings. The Morgan fingerprint density at radius 3 is 1.57 bits per heavy atom. The lowest BCUT2D eigenvalue weighted by Gasteiger charge is -2.30. The number of nitrogens with one attached hydrogen (secondary N) is 1.